The van der Waals surface area contributed by atoms with E-state index in [1.807, 2.05) is 13.8 Å². The van der Waals surface area contributed by atoms with Gasteiger partial charge in [-0.3, -0.25) is 4.79 Å². The zero-order chi connectivity index (χ0) is 12.8. The predicted molar refractivity (Wildman–Crippen MR) is 70.2 cm³/mol. The summed E-state index contributed by atoms with van der Waals surface area (Å²) in [5.41, 5.74) is 2.40. The second-order valence-corrected chi connectivity index (χ2v) is 4.59. The summed E-state index contributed by atoms with van der Waals surface area (Å²) in [5.74, 6) is 1.14. The molecule has 17 heavy (non-hydrogen) atoms. The summed E-state index contributed by atoms with van der Waals surface area (Å²) < 4.78 is 5.28. The van der Waals surface area contributed by atoms with Crippen molar-refractivity contribution in [3.8, 4) is 0 Å². The van der Waals surface area contributed by atoms with Crippen LogP contribution in [-0.4, -0.2) is 5.78 Å². The van der Waals surface area contributed by atoms with E-state index in [1.54, 1.807) is 18.2 Å². The first-order chi connectivity index (χ1) is 7.99. The third kappa shape index (κ3) is 4.85. The first kappa shape index (κ1) is 13.5. The molecule has 1 aromatic rings. The van der Waals surface area contributed by atoms with E-state index in [-0.39, 0.29) is 5.78 Å². The topological polar surface area (TPSA) is 30.2 Å². The minimum Gasteiger partial charge on any atom is -0.458 e. The highest BCUT2D eigenvalue weighted by molar-refractivity contribution is 6.02. The van der Waals surface area contributed by atoms with Crippen LogP contribution < -0.4 is 0 Å². The molecule has 2 nitrogen and oxygen atoms in total. The van der Waals surface area contributed by atoms with E-state index in [0.717, 1.165) is 24.2 Å². The number of aryl methyl sites for hydroxylation is 1. The van der Waals surface area contributed by atoms with Crippen LogP contribution >= 0.6 is 0 Å². The van der Waals surface area contributed by atoms with Gasteiger partial charge in [0.15, 0.2) is 5.76 Å². The third-order valence-corrected chi connectivity index (χ3v) is 2.45. The minimum atomic E-state index is -0.0483. The van der Waals surface area contributed by atoms with Crippen molar-refractivity contribution < 1.29 is 9.21 Å². The lowest BCUT2D eigenvalue weighted by Crippen LogP contribution is -1.93. The molecular formula is C15H20O2. The van der Waals surface area contributed by atoms with Gasteiger partial charge in [0, 0.05) is 0 Å². The van der Waals surface area contributed by atoms with Crippen molar-refractivity contribution in [1.82, 2.24) is 0 Å². The van der Waals surface area contributed by atoms with Gasteiger partial charge < -0.3 is 4.42 Å². The van der Waals surface area contributed by atoms with Gasteiger partial charge >= 0.3 is 0 Å². The summed E-state index contributed by atoms with van der Waals surface area (Å²) in [5, 5.41) is 0. The van der Waals surface area contributed by atoms with Crippen LogP contribution in [0.5, 0.6) is 0 Å². The molecule has 1 aromatic heterocycles. The SMILES string of the molecule is CC(C)=CCC/C(C)=C/C(=O)c1ccc(C)o1. The number of carbonyl (C=O) groups excluding carboxylic acids is 1. The van der Waals surface area contributed by atoms with Crippen LogP contribution in [0.4, 0.5) is 0 Å². The van der Waals surface area contributed by atoms with Gasteiger partial charge in [-0.05, 0) is 58.7 Å². The molecule has 0 aliphatic heterocycles. The molecule has 0 bridgehead atoms. The predicted octanol–water partition coefficient (Wildman–Crippen LogP) is 4.46. The number of hydrogen-bond acceptors (Lipinski definition) is 2. The summed E-state index contributed by atoms with van der Waals surface area (Å²) >= 11 is 0. The Kier molecular flexibility index (Phi) is 4.95. The number of ketones is 1. The van der Waals surface area contributed by atoms with Crippen molar-refractivity contribution in [3.05, 3.63) is 47.0 Å². The molecule has 0 saturated carbocycles. The van der Waals surface area contributed by atoms with Crippen LogP contribution in [0.3, 0.4) is 0 Å². The average Bonchev–Trinajstić information content (AvgIpc) is 2.64. The number of hydrogen-bond donors (Lipinski definition) is 0. The molecule has 0 N–H and O–H groups in total. The quantitative estimate of drug-likeness (QED) is 0.426. The summed E-state index contributed by atoms with van der Waals surface area (Å²) in [6.45, 7) is 7.97. The lowest BCUT2D eigenvalue weighted by molar-refractivity contribution is 0.101. The van der Waals surface area contributed by atoms with Gasteiger partial charge in [0.05, 0.1) is 0 Å². The highest BCUT2D eigenvalue weighted by Gasteiger charge is 2.06. The molecule has 2 heteroatoms. The second-order valence-electron chi connectivity index (χ2n) is 4.59. The minimum absolute atomic E-state index is 0.0483. The molecule has 1 rings (SSSR count). The average molecular weight is 232 g/mol. The van der Waals surface area contributed by atoms with E-state index in [2.05, 4.69) is 19.9 Å². The Balaban J connectivity index is 2.57. The summed E-state index contributed by atoms with van der Waals surface area (Å²) in [4.78, 5) is 11.8. The molecule has 0 amide bonds. The Labute approximate surface area is 103 Å². The Morgan fingerprint density at radius 3 is 2.53 bits per heavy atom. The molecule has 1 heterocycles. The molecule has 0 fully saturated rings. The maximum atomic E-state index is 11.8. The molecule has 0 aliphatic rings. The van der Waals surface area contributed by atoms with Crippen molar-refractivity contribution in [3.63, 3.8) is 0 Å². The van der Waals surface area contributed by atoms with Crippen molar-refractivity contribution in [2.45, 2.75) is 40.5 Å². The molecular weight excluding hydrogens is 212 g/mol. The lowest BCUT2D eigenvalue weighted by Gasteiger charge is -1.98. The molecule has 0 aromatic carbocycles. The molecule has 0 saturated heterocycles. The zero-order valence-corrected chi connectivity index (χ0v) is 11.0. The van der Waals surface area contributed by atoms with Gasteiger partial charge in [-0.25, -0.2) is 0 Å². The fraction of sp³-hybridized carbons (Fsp3) is 0.400. The van der Waals surface area contributed by atoms with E-state index in [1.165, 1.54) is 5.57 Å². The van der Waals surface area contributed by atoms with E-state index < -0.39 is 0 Å². The zero-order valence-electron chi connectivity index (χ0n) is 11.0. The van der Waals surface area contributed by atoms with E-state index in [9.17, 15) is 4.79 Å². The Morgan fingerprint density at radius 2 is 2.00 bits per heavy atom. The van der Waals surface area contributed by atoms with E-state index in [0.29, 0.717) is 5.76 Å². The molecule has 0 atom stereocenters. The Hall–Kier alpha value is -1.57. The second kappa shape index (κ2) is 6.24. The number of allylic oxidation sites excluding steroid dienone is 4. The molecule has 0 unspecified atom stereocenters. The largest absolute Gasteiger partial charge is 0.458 e. The normalized spacial score (nSPS) is 11.4. The van der Waals surface area contributed by atoms with E-state index >= 15 is 0 Å². The molecule has 92 valence electrons. The van der Waals surface area contributed by atoms with Crippen LogP contribution in [0.1, 0.15) is 49.9 Å². The Bertz CT molecular complexity index is 443. The summed E-state index contributed by atoms with van der Waals surface area (Å²) in [7, 11) is 0. The van der Waals surface area contributed by atoms with Crippen LogP contribution in [0, 0.1) is 6.92 Å². The van der Waals surface area contributed by atoms with Crippen molar-refractivity contribution in [2.75, 3.05) is 0 Å². The van der Waals surface area contributed by atoms with Crippen LogP contribution in [0.25, 0.3) is 0 Å². The van der Waals surface area contributed by atoms with Gasteiger partial charge in [-0.15, -0.1) is 0 Å². The van der Waals surface area contributed by atoms with Crippen molar-refractivity contribution in [1.29, 1.82) is 0 Å². The third-order valence-electron chi connectivity index (χ3n) is 2.45. The number of furan rings is 1. The molecule has 0 spiro atoms. The first-order valence-electron chi connectivity index (χ1n) is 5.90. The van der Waals surface area contributed by atoms with Crippen LogP contribution in [-0.2, 0) is 0 Å². The standard InChI is InChI=1S/C15H20O2/c1-11(2)6-5-7-12(3)10-14(16)15-9-8-13(4)17-15/h6,8-10H,5,7H2,1-4H3/b12-10+. The fourth-order valence-corrected chi connectivity index (χ4v) is 1.52. The Morgan fingerprint density at radius 1 is 1.29 bits per heavy atom. The summed E-state index contributed by atoms with van der Waals surface area (Å²) in [6.07, 6.45) is 5.74. The molecule has 0 aliphatic carbocycles. The van der Waals surface area contributed by atoms with E-state index in [4.69, 9.17) is 4.42 Å². The van der Waals surface area contributed by atoms with Crippen molar-refractivity contribution >= 4 is 5.78 Å². The highest BCUT2D eigenvalue weighted by Crippen LogP contribution is 2.11. The fourth-order valence-electron chi connectivity index (χ4n) is 1.52. The van der Waals surface area contributed by atoms with Gasteiger partial charge in [0.2, 0.25) is 5.78 Å². The highest BCUT2D eigenvalue weighted by atomic mass is 16.3. The smallest absolute Gasteiger partial charge is 0.220 e. The maximum Gasteiger partial charge on any atom is 0.220 e. The monoisotopic (exact) mass is 232 g/mol. The van der Waals surface area contributed by atoms with Gasteiger partial charge in [0.25, 0.3) is 0 Å². The maximum absolute atomic E-state index is 11.8. The summed E-state index contributed by atoms with van der Waals surface area (Å²) in [6, 6.07) is 3.52. The van der Waals surface area contributed by atoms with Crippen LogP contribution in [0.2, 0.25) is 0 Å². The van der Waals surface area contributed by atoms with Gasteiger partial charge in [-0.2, -0.15) is 0 Å². The van der Waals surface area contributed by atoms with Crippen molar-refractivity contribution in [2.24, 2.45) is 0 Å². The molecule has 0 radical (unpaired) electrons. The number of carbonyl (C=O) groups is 1. The lowest BCUT2D eigenvalue weighted by atomic mass is 10.1. The number of rotatable bonds is 5. The van der Waals surface area contributed by atoms with Crippen LogP contribution in [0.15, 0.2) is 39.8 Å². The van der Waals surface area contributed by atoms with Gasteiger partial charge in [-0.1, -0.05) is 17.2 Å². The first-order valence-corrected chi connectivity index (χ1v) is 5.90. The van der Waals surface area contributed by atoms with Gasteiger partial charge in [0.1, 0.15) is 5.76 Å².